The predicted molar refractivity (Wildman–Crippen MR) is 78.3 cm³/mol. The molecule has 0 aliphatic rings. The summed E-state index contributed by atoms with van der Waals surface area (Å²) >= 11 is 1.06. The standard InChI is InChI=1S/C13H21N3O4S/c1-5-6-9-14-15-13(21-7-10(17)18)16(9)11(8(2)3)12(19)20-4/h8,11H,5-7H2,1-4H3,(H,17,18). The van der Waals surface area contributed by atoms with E-state index >= 15 is 0 Å². The van der Waals surface area contributed by atoms with Crippen molar-refractivity contribution in [2.45, 2.75) is 44.8 Å². The molecular formula is C13H21N3O4S. The number of aliphatic carboxylic acids is 1. The Morgan fingerprint density at radius 1 is 1.38 bits per heavy atom. The normalized spacial score (nSPS) is 12.4. The molecule has 21 heavy (non-hydrogen) atoms. The molecule has 0 aromatic carbocycles. The van der Waals surface area contributed by atoms with Gasteiger partial charge < -0.3 is 9.84 Å². The van der Waals surface area contributed by atoms with Crippen LogP contribution < -0.4 is 0 Å². The number of ether oxygens (including phenoxy) is 1. The summed E-state index contributed by atoms with van der Waals surface area (Å²) in [5.74, 6) is -0.788. The third-order valence-corrected chi connectivity index (χ3v) is 3.81. The fourth-order valence-electron chi connectivity index (χ4n) is 2.00. The van der Waals surface area contributed by atoms with Crippen LogP contribution >= 0.6 is 11.8 Å². The molecule has 0 fully saturated rings. The first-order valence-electron chi connectivity index (χ1n) is 6.78. The van der Waals surface area contributed by atoms with Crippen LogP contribution in [0.15, 0.2) is 5.16 Å². The third-order valence-electron chi connectivity index (χ3n) is 2.89. The average Bonchev–Trinajstić information content (AvgIpc) is 2.79. The van der Waals surface area contributed by atoms with E-state index in [1.807, 2.05) is 20.8 Å². The van der Waals surface area contributed by atoms with E-state index in [1.165, 1.54) is 7.11 Å². The molecule has 8 heteroatoms. The van der Waals surface area contributed by atoms with Gasteiger partial charge in [0.15, 0.2) is 5.16 Å². The first-order valence-corrected chi connectivity index (χ1v) is 7.77. The summed E-state index contributed by atoms with van der Waals surface area (Å²) in [6.45, 7) is 5.82. The zero-order chi connectivity index (χ0) is 16.0. The van der Waals surface area contributed by atoms with Crippen molar-refractivity contribution in [3.05, 3.63) is 5.82 Å². The van der Waals surface area contributed by atoms with Gasteiger partial charge in [-0.25, -0.2) is 4.79 Å². The summed E-state index contributed by atoms with van der Waals surface area (Å²) in [4.78, 5) is 22.8. The summed E-state index contributed by atoms with van der Waals surface area (Å²) in [5.41, 5.74) is 0. The van der Waals surface area contributed by atoms with E-state index in [0.29, 0.717) is 17.4 Å². The van der Waals surface area contributed by atoms with Crippen molar-refractivity contribution < 1.29 is 19.4 Å². The Morgan fingerprint density at radius 3 is 2.52 bits per heavy atom. The lowest BCUT2D eigenvalue weighted by molar-refractivity contribution is -0.146. The highest BCUT2D eigenvalue weighted by Gasteiger charge is 2.30. The first kappa shape index (κ1) is 17.5. The van der Waals surface area contributed by atoms with Gasteiger partial charge in [0.05, 0.1) is 12.9 Å². The van der Waals surface area contributed by atoms with E-state index < -0.39 is 12.0 Å². The van der Waals surface area contributed by atoms with Gasteiger partial charge in [0.25, 0.3) is 0 Å². The molecule has 0 aliphatic carbocycles. The zero-order valence-corrected chi connectivity index (χ0v) is 13.5. The summed E-state index contributed by atoms with van der Waals surface area (Å²) < 4.78 is 6.59. The van der Waals surface area contributed by atoms with Crippen LogP contribution in [0.4, 0.5) is 0 Å². The molecule has 118 valence electrons. The molecule has 0 saturated carbocycles. The van der Waals surface area contributed by atoms with Crippen molar-refractivity contribution in [3.8, 4) is 0 Å². The van der Waals surface area contributed by atoms with Gasteiger partial charge in [-0.05, 0) is 12.3 Å². The Kier molecular flexibility index (Phi) is 6.67. The Bertz CT molecular complexity index is 502. The molecule has 1 aromatic rings. The fourth-order valence-corrected chi connectivity index (χ4v) is 2.71. The number of hydrogen-bond donors (Lipinski definition) is 1. The largest absolute Gasteiger partial charge is 0.481 e. The van der Waals surface area contributed by atoms with Gasteiger partial charge >= 0.3 is 11.9 Å². The number of thioether (sulfide) groups is 1. The highest BCUT2D eigenvalue weighted by Crippen LogP contribution is 2.28. The van der Waals surface area contributed by atoms with Gasteiger partial charge in [0.1, 0.15) is 11.9 Å². The van der Waals surface area contributed by atoms with E-state index in [0.717, 1.165) is 18.2 Å². The van der Waals surface area contributed by atoms with Crippen molar-refractivity contribution >= 4 is 23.7 Å². The predicted octanol–water partition coefficient (Wildman–Crippen LogP) is 1.78. The molecule has 0 amide bonds. The number of aromatic nitrogens is 3. The van der Waals surface area contributed by atoms with Crippen LogP contribution in [-0.2, 0) is 20.7 Å². The highest BCUT2D eigenvalue weighted by molar-refractivity contribution is 7.99. The van der Waals surface area contributed by atoms with Crippen molar-refractivity contribution in [2.24, 2.45) is 5.92 Å². The summed E-state index contributed by atoms with van der Waals surface area (Å²) in [5, 5.41) is 17.4. The highest BCUT2D eigenvalue weighted by atomic mass is 32.2. The SMILES string of the molecule is CCCc1nnc(SCC(=O)O)n1C(C(=O)OC)C(C)C. The van der Waals surface area contributed by atoms with Crippen LogP contribution in [0.1, 0.15) is 39.1 Å². The number of nitrogens with zero attached hydrogens (tertiary/aromatic N) is 3. The van der Waals surface area contributed by atoms with E-state index in [9.17, 15) is 9.59 Å². The van der Waals surface area contributed by atoms with Crippen molar-refractivity contribution in [1.82, 2.24) is 14.8 Å². The van der Waals surface area contributed by atoms with Gasteiger partial charge in [-0.2, -0.15) is 0 Å². The Morgan fingerprint density at radius 2 is 2.05 bits per heavy atom. The van der Waals surface area contributed by atoms with Crippen molar-refractivity contribution in [2.75, 3.05) is 12.9 Å². The van der Waals surface area contributed by atoms with Gasteiger partial charge in [-0.3, -0.25) is 9.36 Å². The molecule has 0 bridgehead atoms. The second-order valence-electron chi connectivity index (χ2n) is 4.91. The van der Waals surface area contributed by atoms with Gasteiger partial charge in [0, 0.05) is 6.42 Å². The number of carbonyl (C=O) groups is 2. The van der Waals surface area contributed by atoms with Crippen molar-refractivity contribution in [1.29, 1.82) is 0 Å². The molecule has 0 radical (unpaired) electrons. The van der Waals surface area contributed by atoms with Crippen LogP contribution in [0, 0.1) is 5.92 Å². The molecule has 1 unspecified atom stereocenters. The molecule has 1 atom stereocenters. The summed E-state index contributed by atoms with van der Waals surface area (Å²) in [6.07, 6.45) is 1.52. The third kappa shape index (κ3) is 4.45. The summed E-state index contributed by atoms with van der Waals surface area (Å²) in [6, 6.07) is -0.553. The molecule has 7 nitrogen and oxygen atoms in total. The Hall–Kier alpha value is -1.57. The van der Waals surface area contributed by atoms with E-state index in [2.05, 4.69) is 10.2 Å². The molecule has 0 spiro atoms. The minimum absolute atomic E-state index is 0.0202. The molecule has 1 heterocycles. The summed E-state index contributed by atoms with van der Waals surface area (Å²) in [7, 11) is 1.34. The second-order valence-corrected chi connectivity index (χ2v) is 5.86. The number of aryl methyl sites for hydroxylation is 1. The topological polar surface area (TPSA) is 94.3 Å². The number of hydrogen-bond acceptors (Lipinski definition) is 6. The van der Waals surface area contributed by atoms with E-state index in [-0.39, 0.29) is 17.6 Å². The monoisotopic (exact) mass is 315 g/mol. The lowest BCUT2D eigenvalue weighted by Gasteiger charge is -2.22. The van der Waals surface area contributed by atoms with Gasteiger partial charge in [-0.1, -0.05) is 32.5 Å². The second kappa shape index (κ2) is 8.02. The lowest BCUT2D eigenvalue weighted by Crippen LogP contribution is -2.28. The minimum Gasteiger partial charge on any atom is -0.481 e. The van der Waals surface area contributed by atoms with Crippen LogP contribution in [0.2, 0.25) is 0 Å². The fraction of sp³-hybridized carbons (Fsp3) is 0.692. The first-order chi connectivity index (χ1) is 9.92. The number of esters is 1. The van der Waals surface area contributed by atoms with E-state index in [4.69, 9.17) is 9.84 Å². The smallest absolute Gasteiger partial charge is 0.329 e. The number of carboxylic acid groups (broad SMARTS) is 1. The zero-order valence-electron chi connectivity index (χ0n) is 12.7. The van der Waals surface area contributed by atoms with Crippen molar-refractivity contribution in [3.63, 3.8) is 0 Å². The number of rotatable bonds is 8. The minimum atomic E-state index is -0.939. The molecule has 1 N–H and O–H groups in total. The molecule has 1 aromatic heterocycles. The van der Waals surface area contributed by atoms with Gasteiger partial charge in [-0.15, -0.1) is 10.2 Å². The molecular weight excluding hydrogens is 294 g/mol. The van der Waals surface area contributed by atoms with Crippen LogP contribution in [0.3, 0.4) is 0 Å². The van der Waals surface area contributed by atoms with Crippen LogP contribution in [0.5, 0.6) is 0 Å². The Labute approximate surface area is 128 Å². The number of methoxy groups -OCH3 is 1. The maximum absolute atomic E-state index is 12.1. The Balaban J connectivity index is 3.22. The van der Waals surface area contributed by atoms with Crippen LogP contribution in [0.25, 0.3) is 0 Å². The lowest BCUT2D eigenvalue weighted by atomic mass is 10.0. The number of carboxylic acids is 1. The maximum atomic E-state index is 12.1. The molecule has 1 rings (SSSR count). The van der Waals surface area contributed by atoms with Crippen LogP contribution in [-0.4, -0.2) is 44.7 Å². The van der Waals surface area contributed by atoms with E-state index in [1.54, 1.807) is 4.57 Å². The molecule has 0 saturated heterocycles. The maximum Gasteiger partial charge on any atom is 0.329 e. The molecule has 0 aliphatic heterocycles. The number of carbonyl (C=O) groups excluding carboxylic acids is 1. The van der Waals surface area contributed by atoms with Gasteiger partial charge in [0.2, 0.25) is 0 Å². The average molecular weight is 315 g/mol. The quantitative estimate of drug-likeness (QED) is 0.577.